The Balaban J connectivity index is 2.20. The van der Waals surface area contributed by atoms with Crippen molar-refractivity contribution in [2.24, 2.45) is 0 Å². The Morgan fingerprint density at radius 2 is 2.00 bits per heavy atom. The Morgan fingerprint density at radius 1 is 1.31 bits per heavy atom. The van der Waals surface area contributed by atoms with Crippen LogP contribution in [0.3, 0.4) is 0 Å². The molecule has 0 aliphatic carbocycles. The summed E-state index contributed by atoms with van der Waals surface area (Å²) in [7, 11) is 0. The van der Waals surface area contributed by atoms with Crippen LogP contribution >= 0.6 is 0 Å². The summed E-state index contributed by atoms with van der Waals surface area (Å²) in [5.41, 5.74) is 1.04. The third kappa shape index (κ3) is 4.91. The first-order valence-corrected chi connectivity index (χ1v) is 5.73. The highest BCUT2D eigenvalue weighted by atomic mass is 19.1. The van der Waals surface area contributed by atoms with Gasteiger partial charge in [0.25, 0.3) is 0 Å². The predicted octanol–water partition coefficient (Wildman–Crippen LogP) is 2.67. The van der Waals surface area contributed by atoms with Crippen molar-refractivity contribution in [2.45, 2.75) is 32.6 Å². The van der Waals surface area contributed by atoms with Gasteiger partial charge in [-0.3, -0.25) is 4.79 Å². The summed E-state index contributed by atoms with van der Waals surface area (Å²) in [5, 5.41) is 2.85. The SMILES string of the molecule is CCCCC(=O)NCCc1ccc(F)cc1. The summed E-state index contributed by atoms with van der Waals surface area (Å²) < 4.78 is 12.6. The van der Waals surface area contributed by atoms with Crippen molar-refractivity contribution in [1.29, 1.82) is 0 Å². The van der Waals surface area contributed by atoms with Gasteiger partial charge in [0.2, 0.25) is 5.91 Å². The molecule has 1 aromatic rings. The van der Waals surface area contributed by atoms with E-state index in [9.17, 15) is 9.18 Å². The zero-order valence-corrected chi connectivity index (χ0v) is 9.63. The molecule has 16 heavy (non-hydrogen) atoms. The molecule has 1 aromatic carbocycles. The lowest BCUT2D eigenvalue weighted by Gasteiger charge is -2.04. The van der Waals surface area contributed by atoms with Crippen LogP contribution in [0.2, 0.25) is 0 Å². The van der Waals surface area contributed by atoms with E-state index in [2.05, 4.69) is 12.2 Å². The second-order valence-electron chi connectivity index (χ2n) is 3.83. The number of carbonyl (C=O) groups excluding carboxylic acids is 1. The van der Waals surface area contributed by atoms with Crippen LogP contribution < -0.4 is 5.32 Å². The highest BCUT2D eigenvalue weighted by molar-refractivity contribution is 5.75. The molecule has 0 aliphatic rings. The van der Waals surface area contributed by atoms with E-state index in [1.54, 1.807) is 12.1 Å². The molecule has 0 aliphatic heterocycles. The lowest BCUT2D eigenvalue weighted by molar-refractivity contribution is -0.121. The molecular weight excluding hydrogens is 205 g/mol. The molecule has 0 radical (unpaired) electrons. The third-order valence-corrected chi connectivity index (χ3v) is 2.41. The first-order valence-electron chi connectivity index (χ1n) is 5.73. The monoisotopic (exact) mass is 223 g/mol. The molecule has 0 saturated carbocycles. The van der Waals surface area contributed by atoms with Gasteiger partial charge in [0.15, 0.2) is 0 Å². The minimum Gasteiger partial charge on any atom is -0.356 e. The molecule has 0 heterocycles. The molecule has 0 unspecified atom stereocenters. The van der Waals surface area contributed by atoms with E-state index in [4.69, 9.17) is 0 Å². The van der Waals surface area contributed by atoms with Crippen LogP contribution in [0, 0.1) is 5.82 Å². The van der Waals surface area contributed by atoms with Crippen molar-refractivity contribution in [3.05, 3.63) is 35.6 Å². The zero-order valence-electron chi connectivity index (χ0n) is 9.63. The topological polar surface area (TPSA) is 29.1 Å². The second kappa shape index (κ2) is 6.99. The van der Waals surface area contributed by atoms with Gasteiger partial charge in [-0.2, -0.15) is 0 Å². The average Bonchev–Trinajstić information content (AvgIpc) is 2.29. The van der Waals surface area contributed by atoms with Crippen LogP contribution in [0.25, 0.3) is 0 Å². The zero-order chi connectivity index (χ0) is 11.8. The van der Waals surface area contributed by atoms with Crippen molar-refractivity contribution in [3.8, 4) is 0 Å². The van der Waals surface area contributed by atoms with E-state index in [1.807, 2.05) is 0 Å². The van der Waals surface area contributed by atoms with Crippen LogP contribution in [0.15, 0.2) is 24.3 Å². The molecule has 0 spiro atoms. The van der Waals surface area contributed by atoms with Crippen molar-refractivity contribution < 1.29 is 9.18 Å². The van der Waals surface area contributed by atoms with E-state index < -0.39 is 0 Å². The quantitative estimate of drug-likeness (QED) is 0.789. The fraction of sp³-hybridized carbons (Fsp3) is 0.462. The standard InChI is InChI=1S/C13H18FNO/c1-2-3-4-13(16)15-10-9-11-5-7-12(14)8-6-11/h5-8H,2-4,9-10H2,1H3,(H,15,16). The number of carbonyl (C=O) groups is 1. The summed E-state index contributed by atoms with van der Waals surface area (Å²) in [6, 6.07) is 6.36. The van der Waals surface area contributed by atoms with Gasteiger partial charge in [-0.25, -0.2) is 4.39 Å². The Morgan fingerprint density at radius 3 is 2.62 bits per heavy atom. The highest BCUT2D eigenvalue weighted by Crippen LogP contribution is 2.02. The molecule has 2 nitrogen and oxygen atoms in total. The van der Waals surface area contributed by atoms with Crippen molar-refractivity contribution in [1.82, 2.24) is 5.32 Å². The number of hydrogen-bond acceptors (Lipinski definition) is 1. The van der Waals surface area contributed by atoms with Crippen LogP contribution in [-0.2, 0) is 11.2 Å². The Labute approximate surface area is 95.9 Å². The number of amides is 1. The summed E-state index contributed by atoms with van der Waals surface area (Å²) in [4.78, 5) is 11.3. The minimum absolute atomic E-state index is 0.101. The molecule has 1 rings (SSSR count). The second-order valence-corrected chi connectivity index (χ2v) is 3.83. The summed E-state index contributed by atoms with van der Waals surface area (Å²) in [5.74, 6) is -0.125. The Bertz CT molecular complexity index is 321. The molecular formula is C13H18FNO. The molecule has 0 bridgehead atoms. The number of hydrogen-bond donors (Lipinski definition) is 1. The smallest absolute Gasteiger partial charge is 0.220 e. The number of halogens is 1. The highest BCUT2D eigenvalue weighted by Gasteiger charge is 1.99. The van der Waals surface area contributed by atoms with E-state index in [1.165, 1.54) is 12.1 Å². The number of benzene rings is 1. The maximum absolute atomic E-state index is 12.6. The van der Waals surface area contributed by atoms with E-state index in [0.29, 0.717) is 13.0 Å². The minimum atomic E-state index is -0.226. The predicted molar refractivity (Wildman–Crippen MR) is 62.6 cm³/mol. The third-order valence-electron chi connectivity index (χ3n) is 2.41. The van der Waals surface area contributed by atoms with Gasteiger partial charge in [0.1, 0.15) is 5.82 Å². The molecule has 1 amide bonds. The molecule has 0 atom stereocenters. The van der Waals surface area contributed by atoms with Crippen molar-refractivity contribution in [3.63, 3.8) is 0 Å². The number of rotatable bonds is 6. The van der Waals surface area contributed by atoms with Gasteiger partial charge >= 0.3 is 0 Å². The largest absolute Gasteiger partial charge is 0.356 e. The molecule has 88 valence electrons. The fourth-order valence-electron chi connectivity index (χ4n) is 1.42. The van der Waals surface area contributed by atoms with Crippen molar-refractivity contribution >= 4 is 5.91 Å². The fourth-order valence-corrected chi connectivity index (χ4v) is 1.42. The summed E-state index contributed by atoms with van der Waals surface area (Å²) in [6.45, 7) is 2.68. The van der Waals surface area contributed by atoms with Gasteiger partial charge < -0.3 is 5.32 Å². The van der Waals surface area contributed by atoms with Gasteiger partial charge in [0.05, 0.1) is 0 Å². The average molecular weight is 223 g/mol. The van der Waals surface area contributed by atoms with Gasteiger partial charge in [-0.05, 0) is 30.5 Å². The molecule has 3 heteroatoms. The molecule has 0 fully saturated rings. The summed E-state index contributed by atoms with van der Waals surface area (Å²) in [6.07, 6.45) is 3.31. The van der Waals surface area contributed by atoms with Gasteiger partial charge in [-0.15, -0.1) is 0 Å². The van der Waals surface area contributed by atoms with Gasteiger partial charge in [0, 0.05) is 13.0 Å². The van der Waals surface area contributed by atoms with E-state index >= 15 is 0 Å². The lowest BCUT2D eigenvalue weighted by Crippen LogP contribution is -2.25. The maximum atomic E-state index is 12.6. The van der Waals surface area contributed by atoms with Crippen LogP contribution in [0.1, 0.15) is 31.7 Å². The molecule has 0 saturated heterocycles. The van der Waals surface area contributed by atoms with Gasteiger partial charge in [-0.1, -0.05) is 25.5 Å². The Hall–Kier alpha value is -1.38. The van der Waals surface area contributed by atoms with E-state index in [-0.39, 0.29) is 11.7 Å². The number of unbranched alkanes of at least 4 members (excludes halogenated alkanes) is 1. The Kier molecular flexibility index (Phi) is 5.54. The van der Waals surface area contributed by atoms with Crippen LogP contribution in [0.5, 0.6) is 0 Å². The summed E-state index contributed by atoms with van der Waals surface area (Å²) >= 11 is 0. The molecule has 0 aromatic heterocycles. The van der Waals surface area contributed by atoms with Crippen LogP contribution in [0.4, 0.5) is 4.39 Å². The lowest BCUT2D eigenvalue weighted by atomic mass is 10.1. The van der Waals surface area contributed by atoms with Crippen LogP contribution in [-0.4, -0.2) is 12.5 Å². The number of nitrogens with one attached hydrogen (secondary N) is 1. The van der Waals surface area contributed by atoms with Crippen molar-refractivity contribution in [2.75, 3.05) is 6.54 Å². The first kappa shape index (κ1) is 12.7. The normalized spacial score (nSPS) is 10.1. The first-order chi connectivity index (χ1) is 7.72. The molecule has 1 N–H and O–H groups in total. The maximum Gasteiger partial charge on any atom is 0.220 e. The van der Waals surface area contributed by atoms with E-state index in [0.717, 1.165) is 24.8 Å².